The summed E-state index contributed by atoms with van der Waals surface area (Å²) < 4.78 is 0. The molecule has 2 N–H and O–H groups in total. The molecule has 0 unspecified atom stereocenters. The number of Topliss-reactive ketones (excluding diaryl/α,β-unsaturated/α-hetero) is 1. The van der Waals surface area contributed by atoms with Gasteiger partial charge in [-0.05, 0) is 24.1 Å². The van der Waals surface area contributed by atoms with Crippen molar-refractivity contribution in [3.05, 3.63) is 34.3 Å². The second-order valence-corrected chi connectivity index (χ2v) is 3.41. The van der Waals surface area contributed by atoms with Gasteiger partial charge in [0.2, 0.25) is 0 Å². The van der Waals surface area contributed by atoms with Crippen molar-refractivity contribution in [2.24, 2.45) is 5.73 Å². The normalized spacial score (nSPS) is 10.1. The first-order chi connectivity index (χ1) is 6.13. The highest BCUT2D eigenvalue weighted by Gasteiger charge is 2.02. The number of aryl methyl sites for hydroxylation is 1. The van der Waals surface area contributed by atoms with Crippen LogP contribution < -0.4 is 5.73 Å². The van der Waals surface area contributed by atoms with Crippen molar-refractivity contribution in [3.63, 3.8) is 0 Å². The van der Waals surface area contributed by atoms with E-state index in [0.717, 1.165) is 11.1 Å². The van der Waals surface area contributed by atoms with Gasteiger partial charge in [-0.25, -0.2) is 0 Å². The molecule has 1 aromatic rings. The van der Waals surface area contributed by atoms with Crippen LogP contribution in [0.5, 0.6) is 0 Å². The Morgan fingerprint density at radius 2 is 2.23 bits per heavy atom. The molecule has 0 aromatic heterocycles. The van der Waals surface area contributed by atoms with Crippen LogP contribution >= 0.6 is 11.6 Å². The van der Waals surface area contributed by atoms with Gasteiger partial charge >= 0.3 is 0 Å². The van der Waals surface area contributed by atoms with Gasteiger partial charge in [-0.1, -0.05) is 23.7 Å². The lowest BCUT2D eigenvalue weighted by Crippen LogP contribution is -2.15. The number of halogens is 1. The van der Waals surface area contributed by atoms with Crippen molar-refractivity contribution in [2.45, 2.75) is 13.3 Å². The highest BCUT2D eigenvalue weighted by atomic mass is 35.5. The monoisotopic (exact) mass is 197 g/mol. The molecule has 0 spiro atoms. The SMILES string of the molecule is Cc1ccc(CC(=O)CN)cc1Cl. The maximum atomic E-state index is 11.0. The zero-order chi connectivity index (χ0) is 9.84. The van der Waals surface area contributed by atoms with Gasteiger partial charge in [-0.2, -0.15) is 0 Å². The van der Waals surface area contributed by atoms with Crippen molar-refractivity contribution in [2.75, 3.05) is 6.54 Å². The van der Waals surface area contributed by atoms with E-state index in [-0.39, 0.29) is 12.3 Å². The number of nitrogens with two attached hydrogens (primary N) is 1. The molecule has 1 aromatic carbocycles. The summed E-state index contributed by atoms with van der Waals surface area (Å²) in [5, 5.41) is 0.697. The van der Waals surface area contributed by atoms with Crippen LogP contribution in [0.2, 0.25) is 5.02 Å². The first-order valence-corrected chi connectivity index (χ1v) is 4.48. The Hall–Kier alpha value is -0.860. The minimum absolute atomic E-state index is 0.0277. The van der Waals surface area contributed by atoms with Gasteiger partial charge in [-0.15, -0.1) is 0 Å². The summed E-state index contributed by atoms with van der Waals surface area (Å²) >= 11 is 5.90. The summed E-state index contributed by atoms with van der Waals surface area (Å²) in [5.41, 5.74) is 7.15. The molecule has 1 rings (SSSR count). The molecule has 70 valence electrons. The van der Waals surface area contributed by atoms with Gasteiger partial charge in [0.1, 0.15) is 0 Å². The average Bonchev–Trinajstić information content (AvgIpc) is 2.11. The lowest BCUT2D eigenvalue weighted by Gasteiger charge is -2.02. The van der Waals surface area contributed by atoms with E-state index < -0.39 is 0 Å². The van der Waals surface area contributed by atoms with E-state index in [1.54, 1.807) is 0 Å². The Morgan fingerprint density at radius 1 is 1.54 bits per heavy atom. The summed E-state index contributed by atoms with van der Waals surface area (Å²) in [5.74, 6) is 0.0277. The summed E-state index contributed by atoms with van der Waals surface area (Å²) in [6, 6.07) is 5.61. The summed E-state index contributed by atoms with van der Waals surface area (Å²) in [6.45, 7) is 2.02. The van der Waals surface area contributed by atoms with Crippen LogP contribution in [0, 0.1) is 6.92 Å². The van der Waals surface area contributed by atoms with E-state index in [4.69, 9.17) is 17.3 Å². The van der Waals surface area contributed by atoms with Crippen LogP contribution in [0.3, 0.4) is 0 Å². The van der Waals surface area contributed by atoms with Gasteiger partial charge in [-0.3, -0.25) is 4.79 Å². The molecular formula is C10H12ClNO. The van der Waals surface area contributed by atoms with E-state index >= 15 is 0 Å². The Balaban J connectivity index is 2.79. The van der Waals surface area contributed by atoms with E-state index in [0.29, 0.717) is 11.4 Å². The van der Waals surface area contributed by atoms with Crippen LogP contribution in [0.1, 0.15) is 11.1 Å². The highest BCUT2D eigenvalue weighted by molar-refractivity contribution is 6.31. The van der Waals surface area contributed by atoms with Gasteiger partial charge < -0.3 is 5.73 Å². The van der Waals surface area contributed by atoms with Crippen molar-refractivity contribution >= 4 is 17.4 Å². The molecule has 0 amide bonds. The number of hydrogen-bond acceptors (Lipinski definition) is 2. The first-order valence-electron chi connectivity index (χ1n) is 4.10. The van der Waals surface area contributed by atoms with E-state index in [9.17, 15) is 4.79 Å². The van der Waals surface area contributed by atoms with Crippen LogP contribution in [0.4, 0.5) is 0 Å². The molecule has 0 radical (unpaired) electrons. The molecule has 0 fully saturated rings. The Morgan fingerprint density at radius 3 is 2.77 bits per heavy atom. The Labute approximate surface area is 82.7 Å². The topological polar surface area (TPSA) is 43.1 Å². The molecule has 0 aliphatic rings. The van der Waals surface area contributed by atoms with Crippen molar-refractivity contribution in [1.82, 2.24) is 0 Å². The van der Waals surface area contributed by atoms with Crippen LogP contribution in [-0.2, 0) is 11.2 Å². The third kappa shape index (κ3) is 2.83. The van der Waals surface area contributed by atoms with Crippen LogP contribution in [0.15, 0.2) is 18.2 Å². The molecule has 0 heterocycles. The molecule has 0 saturated heterocycles. The van der Waals surface area contributed by atoms with Crippen molar-refractivity contribution in [1.29, 1.82) is 0 Å². The van der Waals surface area contributed by atoms with E-state index in [2.05, 4.69) is 0 Å². The minimum atomic E-state index is 0.0277. The quantitative estimate of drug-likeness (QED) is 0.802. The van der Waals surface area contributed by atoms with Crippen molar-refractivity contribution in [3.8, 4) is 0 Å². The average molecular weight is 198 g/mol. The number of hydrogen-bond donors (Lipinski definition) is 1. The smallest absolute Gasteiger partial charge is 0.150 e. The third-order valence-electron chi connectivity index (χ3n) is 1.87. The van der Waals surface area contributed by atoms with Crippen molar-refractivity contribution < 1.29 is 4.79 Å². The molecule has 0 saturated carbocycles. The molecule has 0 aliphatic heterocycles. The molecule has 3 heteroatoms. The van der Waals surface area contributed by atoms with Crippen LogP contribution in [-0.4, -0.2) is 12.3 Å². The lowest BCUT2D eigenvalue weighted by atomic mass is 10.1. The van der Waals surface area contributed by atoms with Gasteiger partial charge in [0.05, 0.1) is 6.54 Å². The van der Waals surface area contributed by atoms with Gasteiger partial charge in [0.25, 0.3) is 0 Å². The zero-order valence-corrected chi connectivity index (χ0v) is 8.27. The minimum Gasteiger partial charge on any atom is -0.324 e. The Bertz CT molecular complexity index is 323. The predicted molar refractivity (Wildman–Crippen MR) is 54.0 cm³/mol. The fourth-order valence-electron chi connectivity index (χ4n) is 1.05. The van der Waals surface area contributed by atoms with E-state index in [1.807, 2.05) is 25.1 Å². The number of carbonyl (C=O) groups is 1. The third-order valence-corrected chi connectivity index (χ3v) is 2.27. The second-order valence-electron chi connectivity index (χ2n) is 3.00. The maximum Gasteiger partial charge on any atom is 0.150 e. The second kappa shape index (κ2) is 4.40. The molecular weight excluding hydrogens is 186 g/mol. The summed E-state index contributed by atoms with van der Waals surface area (Å²) in [6.07, 6.45) is 0.372. The number of benzene rings is 1. The first kappa shape index (κ1) is 10.2. The number of ketones is 1. The van der Waals surface area contributed by atoms with E-state index in [1.165, 1.54) is 0 Å². The standard InChI is InChI=1S/C10H12ClNO/c1-7-2-3-8(5-10(7)11)4-9(13)6-12/h2-3,5H,4,6,12H2,1H3. The zero-order valence-electron chi connectivity index (χ0n) is 7.51. The fourth-order valence-corrected chi connectivity index (χ4v) is 1.25. The van der Waals surface area contributed by atoms with Gasteiger partial charge in [0, 0.05) is 11.4 Å². The molecule has 0 aliphatic carbocycles. The lowest BCUT2D eigenvalue weighted by molar-refractivity contribution is -0.117. The molecule has 0 bridgehead atoms. The predicted octanol–water partition coefficient (Wildman–Crippen LogP) is 1.72. The summed E-state index contributed by atoms with van der Waals surface area (Å²) in [7, 11) is 0. The van der Waals surface area contributed by atoms with Gasteiger partial charge in [0.15, 0.2) is 5.78 Å². The number of rotatable bonds is 3. The largest absolute Gasteiger partial charge is 0.324 e. The highest BCUT2D eigenvalue weighted by Crippen LogP contribution is 2.16. The number of carbonyl (C=O) groups excluding carboxylic acids is 1. The summed E-state index contributed by atoms with van der Waals surface area (Å²) in [4.78, 5) is 11.0. The Kier molecular flexibility index (Phi) is 3.46. The fraction of sp³-hybridized carbons (Fsp3) is 0.300. The molecule has 13 heavy (non-hydrogen) atoms. The van der Waals surface area contributed by atoms with Crippen LogP contribution in [0.25, 0.3) is 0 Å². The maximum absolute atomic E-state index is 11.0. The molecule has 2 nitrogen and oxygen atoms in total. The molecule has 0 atom stereocenters.